The Labute approximate surface area is 170 Å². The number of anilines is 1. The maximum absolute atomic E-state index is 12.2. The lowest BCUT2D eigenvalue weighted by Gasteiger charge is -2.05. The molecule has 0 saturated carbocycles. The molecule has 0 aliphatic rings. The van der Waals surface area contributed by atoms with E-state index in [-0.39, 0.29) is 6.61 Å². The van der Waals surface area contributed by atoms with Gasteiger partial charge in [0.1, 0.15) is 21.0 Å². The molecule has 0 fully saturated rings. The number of nitrogens with two attached hydrogens (primary N) is 1. The zero-order chi connectivity index (χ0) is 20.3. The molecule has 3 heterocycles. The molecule has 0 radical (unpaired) electrons. The lowest BCUT2D eigenvalue weighted by atomic mass is 10.2. The van der Waals surface area contributed by atoms with Crippen molar-refractivity contribution in [1.29, 1.82) is 5.26 Å². The van der Waals surface area contributed by atoms with E-state index in [2.05, 4.69) is 21.4 Å². The van der Waals surface area contributed by atoms with Crippen LogP contribution in [0.25, 0.3) is 5.82 Å². The Morgan fingerprint density at radius 2 is 2.18 bits per heavy atom. The summed E-state index contributed by atoms with van der Waals surface area (Å²) in [5, 5.41) is 23.2. The highest BCUT2D eigenvalue weighted by Gasteiger charge is 2.23. The van der Waals surface area contributed by atoms with Gasteiger partial charge in [0, 0.05) is 17.0 Å². The number of hydrogen-bond donors (Lipinski definition) is 1. The Kier molecular flexibility index (Phi) is 5.96. The summed E-state index contributed by atoms with van der Waals surface area (Å²) in [6.07, 6.45) is 0. The van der Waals surface area contributed by atoms with Gasteiger partial charge in [0.15, 0.2) is 5.82 Å². The van der Waals surface area contributed by atoms with Crippen molar-refractivity contribution < 1.29 is 9.53 Å². The first-order valence-electron chi connectivity index (χ1n) is 8.43. The van der Waals surface area contributed by atoms with Crippen molar-refractivity contribution in [3.8, 4) is 11.9 Å². The van der Waals surface area contributed by atoms with E-state index in [0.29, 0.717) is 37.6 Å². The summed E-state index contributed by atoms with van der Waals surface area (Å²) in [6.45, 7) is 5.85. The number of esters is 1. The fourth-order valence-electron chi connectivity index (χ4n) is 2.62. The average Bonchev–Trinajstić information content (AvgIpc) is 3.18. The molecule has 3 rings (SSSR count). The molecular weight excluding hydrogens is 396 g/mol. The molecule has 144 valence electrons. The summed E-state index contributed by atoms with van der Waals surface area (Å²) in [5.41, 5.74) is 8.65. The Bertz CT molecular complexity index is 1050. The summed E-state index contributed by atoms with van der Waals surface area (Å²) < 4.78 is 6.80. The average molecular weight is 415 g/mol. The van der Waals surface area contributed by atoms with E-state index in [1.54, 1.807) is 11.6 Å². The molecule has 0 saturated heterocycles. The number of nitrogens with zero attached hydrogens (tertiary/aromatic N) is 5. The van der Waals surface area contributed by atoms with E-state index < -0.39 is 5.97 Å². The number of hydrogen-bond acceptors (Lipinski definition) is 9. The van der Waals surface area contributed by atoms with Crippen LogP contribution >= 0.6 is 23.1 Å². The van der Waals surface area contributed by atoms with Crippen LogP contribution in [0.3, 0.4) is 0 Å². The zero-order valence-corrected chi connectivity index (χ0v) is 17.2. The molecule has 3 aromatic heterocycles. The van der Waals surface area contributed by atoms with Crippen molar-refractivity contribution in [1.82, 2.24) is 20.0 Å². The van der Waals surface area contributed by atoms with Gasteiger partial charge in [0.2, 0.25) is 0 Å². The molecule has 8 nitrogen and oxygen atoms in total. The van der Waals surface area contributed by atoms with Crippen LogP contribution in [0.1, 0.15) is 39.1 Å². The van der Waals surface area contributed by atoms with Crippen molar-refractivity contribution >= 4 is 34.1 Å². The Morgan fingerprint density at radius 1 is 1.39 bits per heavy atom. The van der Waals surface area contributed by atoms with Gasteiger partial charge in [-0.1, -0.05) is 11.8 Å². The van der Waals surface area contributed by atoms with E-state index in [9.17, 15) is 10.1 Å². The molecule has 0 aliphatic heterocycles. The van der Waals surface area contributed by atoms with Crippen molar-refractivity contribution in [3.05, 3.63) is 45.6 Å². The topological polar surface area (TPSA) is 120 Å². The SMILES string of the molecule is CCOC(=O)c1sc(N)c(C#N)c1CSc1ccc(-n2nc(C)cc2C)nn1. The Hall–Kier alpha value is -2.90. The first-order chi connectivity index (χ1) is 13.4. The predicted molar refractivity (Wildman–Crippen MR) is 108 cm³/mol. The van der Waals surface area contributed by atoms with Crippen molar-refractivity contribution in [2.24, 2.45) is 0 Å². The van der Waals surface area contributed by atoms with E-state index in [0.717, 1.165) is 22.7 Å². The van der Waals surface area contributed by atoms with Crippen LogP contribution < -0.4 is 5.73 Å². The maximum atomic E-state index is 12.2. The number of thiophene rings is 1. The normalized spacial score (nSPS) is 10.6. The number of ether oxygens (including phenoxy) is 1. The standard InChI is InChI=1S/C18H18N6O2S2/c1-4-26-18(25)16-13(12(8-19)17(20)28-16)9-27-15-6-5-14(21-22-15)24-11(3)7-10(2)23-24/h5-7H,4,9,20H2,1-3H3. The zero-order valence-electron chi connectivity index (χ0n) is 15.6. The molecule has 0 amide bonds. The molecule has 2 N–H and O–H groups in total. The number of rotatable bonds is 6. The van der Waals surface area contributed by atoms with Crippen molar-refractivity contribution in [2.45, 2.75) is 31.6 Å². The van der Waals surface area contributed by atoms with Gasteiger partial charge in [-0.05, 0) is 39.0 Å². The summed E-state index contributed by atoms with van der Waals surface area (Å²) in [5.74, 6) is 0.514. The number of nitriles is 1. The lowest BCUT2D eigenvalue weighted by molar-refractivity contribution is 0.0531. The van der Waals surface area contributed by atoms with Crippen molar-refractivity contribution in [3.63, 3.8) is 0 Å². The third-order valence-electron chi connectivity index (χ3n) is 3.82. The molecule has 0 aromatic carbocycles. The number of carbonyl (C=O) groups is 1. The van der Waals surface area contributed by atoms with Gasteiger partial charge >= 0.3 is 5.97 Å². The Morgan fingerprint density at radius 3 is 2.75 bits per heavy atom. The fourth-order valence-corrected chi connectivity index (χ4v) is 4.48. The summed E-state index contributed by atoms with van der Waals surface area (Å²) in [6, 6.07) is 7.69. The highest BCUT2D eigenvalue weighted by Crippen LogP contribution is 2.35. The van der Waals surface area contributed by atoms with Gasteiger partial charge in [-0.25, -0.2) is 9.48 Å². The molecule has 0 spiro atoms. The van der Waals surface area contributed by atoms with E-state index >= 15 is 0 Å². The van der Waals surface area contributed by atoms with Gasteiger partial charge in [0.05, 0.1) is 17.9 Å². The van der Waals surface area contributed by atoms with E-state index in [1.165, 1.54) is 11.8 Å². The molecule has 0 unspecified atom stereocenters. The van der Waals surface area contributed by atoms with Crippen LogP contribution in [-0.2, 0) is 10.5 Å². The van der Waals surface area contributed by atoms with E-state index in [1.807, 2.05) is 32.0 Å². The summed E-state index contributed by atoms with van der Waals surface area (Å²) >= 11 is 2.44. The fraction of sp³-hybridized carbons (Fsp3) is 0.278. The minimum atomic E-state index is -0.470. The molecule has 10 heteroatoms. The van der Waals surface area contributed by atoms with Crippen LogP contribution in [0.5, 0.6) is 0 Å². The quantitative estimate of drug-likeness (QED) is 0.482. The van der Waals surface area contributed by atoms with Gasteiger partial charge in [-0.15, -0.1) is 21.5 Å². The van der Waals surface area contributed by atoms with Crippen LogP contribution in [0.2, 0.25) is 0 Å². The summed E-state index contributed by atoms with van der Waals surface area (Å²) in [7, 11) is 0. The molecule has 3 aromatic rings. The van der Waals surface area contributed by atoms with E-state index in [4.69, 9.17) is 10.5 Å². The summed E-state index contributed by atoms with van der Waals surface area (Å²) in [4.78, 5) is 12.5. The van der Waals surface area contributed by atoms with Gasteiger partial charge in [0.25, 0.3) is 0 Å². The smallest absolute Gasteiger partial charge is 0.348 e. The highest BCUT2D eigenvalue weighted by molar-refractivity contribution is 7.98. The first-order valence-corrected chi connectivity index (χ1v) is 10.2. The number of nitrogen functional groups attached to an aromatic ring is 1. The largest absolute Gasteiger partial charge is 0.462 e. The van der Waals surface area contributed by atoms with Crippen LogP contribution in [0, 0.1) is 25.2 Å². The number of thioether (sulfide) groups is 1. The lowest BCUT2D eigenvalue weighted by Crippen LogP contribution is -2.05. The van der Waals surface area contributed by atoms with Crippen LogP contribution in [0.15, 0.2) is 23.2 Å². The molecule has 0 aliphatic carbocycles. The van der Waals surface area contributed by atoms with Crippen molar-refractivity contribution in [2.75, 3.05) is 12.3 Å². The number of aromatic nitrogens is 4. The van der Waals surface area contributed by atoms with Gasteiger partial charge in [-0.2, -0.15) is 10.4 Å². The molecule has 0 atom stereocenters. The van der Waals surface area contributed by atoms with Gasteiger partial charge in [-0.3, -0.25) is 0 Å². The Balaban J connectivity index is 1.80. The number of aryl methyl sites for hydroxylation is 2. The monoisotopic (exact) mass is 414 g/mol. The second-order valence-electron chi connectivity index (χ2n) is 5.84. The minimum Gasteiger partial charge on any atom is -0.462 e. The third kappa shape index (κ3) is 4.00. The molecule has 0 bridgehead atoms. The first kappa shape index (κ1) is 19.9. The third-order valence-corrected chi connectivity index (χ3v) is 5.81. The second kappa shape index (κ2) is 8.41. The molecular formula is C18H18N6O2S2. The minimum absolute atomic E-state index is 0.254. The maximum Gasteiger partial charge on any atom is 0.348 e. The van der Waals surface area contributed by atoms with Gasteiger partial charge < -0.3 is 10.5 Å². The van der Waals surface area contributed by atoms with Crippen LogP contribution in [0.4, 0.5) is 5.00 Å². The predicted octanol–water partition coefficient (Wildman–Crippen LogP) is 3.26. The second-order valence-corrected chi connectivity index (χ2v) is 7.89. The van der Waals surface area contributed by atoms with Crippen LogP contribution in [-0.4, -0.2) is 32.6 Å². The highest BCUT2D eigenvalue weighted by atomic mass is 32.2. The number of carbonyl (C=O) groups excluding carboxylic acids is 1. The molecule has 28 heavy (non-hydrogen) atoms.